The highest BCUT2D eigenvalue weighted by Gasteiger charge is 2.40. The standard InChI is InChI=1S/C17H20ClN3O2/c18-15-12-19-5-1-14(15)16-20-6-7-21(16)13-2-8-23-17(11-13)3-9-22-10-4-17/h1,5-7,12-13H,2-4,8-11H2. The zero-order valence-corrected chi connectivity index (χ0v) is 13.7. The second-order valence-electron chi connectivity index (χ2n) is 6.30. The summed E-state index contributed by atoms with van der Waals surface area (Å²) in [4.78, 5) is 8.60. The van der Waals surface area contributed by atoms with Crippen LogP contribution in [0.3, 0.4) is 0 Å². The highest BCUT2D eigenvalue weighted by atomic mass is 35.5. The van der Waals surface area contributed by atoms with Crippen LogP contribution in [-0.4, -0.2) is 40.0 Å². The molecule has 6 heteroatoms. The van der Waals surface area contributed by atoms with Gasteiger partial charge in [-0.05, 0) is 31.7 Å². The molecule has 0 aliphatic carbocycles. The number of aromatic nitrogens is 3. The summed E-state index contributed by atoms with van der Waals surface area (Å²) in [6.07, 6.45) is 11.3. The Balaban J connectivity index is 1.64. The summed E-state index contributed by atoms with van der Waals surface area (Å²) in [5.41, 5.74) is 0.893. The lowest BCUT2D eigenvalue weighted by molar-refractivity contribution is -0.144. The van der Waals surface area contributed by atoms with Crippen molar-refractivity contribution in [1.29, 1.82) is 0 Å². The smallest absolute Gasteiger partial charge is 0.141 e. The molecule has 4 heterocycles. The first kappa shape index (κ1) is 15.1. The average Bonchev–Trinajstić information content (AvgIpc) is 3.05. The summed E-state index contributed by atoms with van der Waals surface area (Å²) in [6.45, 7) is 2.37. The van der Waals surface area contributed by atoms with Gasteiger partial charge >= 0.3 is 0 Å². The van der Waals surface area contributed by atoms with Gasteiger partial charge in [0.1, 0.15) is 5.82 Å². The third-order valence-corrected chi connectivity index (χ3v) is 5.25. The van der Waals surface area contributed by atoms with E-state index < -0.39 is 0 Å². The molecule has 1 atom stereocenters. The number of imidazole rings is 1. The first-order valence-corrected chi connectivity index (χ1v) is 8.50. The van der Waals surface area contributed by atoms with Crippen molar-refractivity contribution in [2.24, 2.45) is 0 Å². The van der Waals surface area contributed by atoms with Crippen LogP contribution in [0.4, 0.5) is 0 Å². The Morgan fingerprint density at radius 2 is 2.09 bits per heavy atom. The molecule has 1 spiro atoms. The lowest BCUT2D eigenvalue weighted by Crippen LogP contribution is -2.44. The highest BCUT2D eigenvalue weighted by molar-refractivity contribution is 6.33. The summed E-state index contributed by atoms with van der Waals surface area (Å²) in [7, 11) is 0. The van der Waals surface area contributed by atoms with Crippen molar-refractivity contribution in [3.63, 3.8) is 0 Å². The third-order valence-electron chi connectivity index (χ3n) is 4.95. The molecule has 4 rings (SSSR count). The van der Waals surface area contributed by atoms with Crippen molar-refractivity contribution in [1.82, 2.24) is 14.5 Å². The predicted octanol–water partition coefficient (Wildman–Crippen LogP) is 3.50. The molecule has 23 heavy (non-hydrogen) atoms. The number of halogens is 1. The van der Waals surface area contributed by atoms with E-state index in [1.165, 1.54) is 0 Å². The van der Waals surface area contributed by atoms with Gasteiger partial charge in [0.2, 0.25) is 0 Å². The molecule has 122 valence electrons. The van der Waals surface area contributed by atoms with E-state index in [4.69, 9.17) is 21.1 Å². The van der Waals surface area contributed by atoms with Crippen LogP contribution in [-0.2, 0) is 9.47 Å². The van der Waals surface area contributed by atoms with Gasteiger partial charge in [-0.1, -0.05) is 11.6 Å². The summed E-state index contributed by atoms with van der Waals surface area (Å²) in [5, 5.41) is 0.632. The molecule has 0 amide bonds. The molecule has 2 aliphatic heterocycles. The molecule has 0 N–H and O–H groups in total. The Morgan fingerprint density at radius 1 is 1.22 bits per heavy atom. The van der Waals surface area contributed by atoms with Gasteiger partial charge in [-0.25, -0.2) is 4.98 Å². The molecule has 2 aliphatic rings. The normalized spacial score (nSPS) is 24.0. The van der Waals surface area contributed by atoms with E-state index in [-0.39, 0.29) is 5.60 Å². The molecular formula is C17H20ClN3O2. The van der Waals surface area contributed by atoms with E-state index >= 15 is 0 Å². The number of rotatable bonds is 2. The van der Waals surface area contributed by atoms with E-state index in [2.05, 4.69) is 20.7 Å². The quantitative estimate of drug-likeness (QED) is 0.844. The van der Waals surface area contributed by atoms with Gasteiger partial charge in [0, 0.05) is 56.2 Å². The molecule has 1 unspecified atom stereocenters. The minimum atomic E-state index is -0.0370. The maximum absolute atomic E-state index is 6.31. The maximum atomic E-state index is 6.31. The van der Waals surface area contributed by atoms with Gasteiger partial charge in [-0.3, -0.25) is 4.98 Å². The SMILES string of the molecule is Clc1cnccc1-c1nccn1C1CCOC2(CCOCC2)C1. The summed E-state index contributed by atoms with van der Waals surface area (Å²) in [5.74, 6) is 0.909. The molecular weight excluding hydrogens is 314 g/mol. The maximum Gasteiger partial charge on any atom is 0.141 e. The minimum Gasteiger partial charge on any atom is -0.381 e. The average molecular weight is 334 g/mol. The zero-order chi connectivity index (χ0) is 15.7. The number of hydrogen-bond donors (Lipinski definition) is 0. The fourth-order valence-electron chi connectivity index (χ4n) is 3.70. The van der Waals surface area contributed by atoms with E-state index in [9.17, 15) is 0 Å². The van der Waals surface area contributed by atoms with Crippen LogP contribution in [0.15, 0.2) is 30.9 Å². The van der Waals surface area contributed by atoms with E-state index in [0.29, 0.717) is 11.1 Å². The van der Waals surface area contributed by atoms with Crippen molar-refractivity contribution >= 4 is 11.6 Å². The van der Waals surface area contributed by atoms with Crippen molar-refractivity contribution in [2.75, 3.05) is 19.8 Å². The molecule has 0 aromatic carbocycles. The number of ether oxygens (including phenoxy) is 2. The van der Waals surface area contributed by atoms with Crippen LogP contribution in [0.2, 0.25) is 5.02 Å². The van der Waals surface area contributed by atoms with Crippen molar-refractivity contribution in [3.05, 3.63) is 35.9 Å². The van der Waals surface area contributed by atoms with Gasteiger partial charge in [0.25, 0.3) is 0 Å². The van der Waals surface area contributed by atoms with Crippen LogP contribution < -0.4 is 0 Å². The summed E-state index contributed by atoms with van der Waals surface area (Å²) in [6, 6.07) is 2.30. The number of hydrogen-bond acceptors (Lipinski definition) is 4. The largest absolute Gasteiger partial charge is 0.381 e. The van der Waals surface area contributed by atoms with E-state index in [0.717, 1.165) is 56.9 Å². The van der Waals surface area contributed by atoms with Gasteiger partial charge < -0.3 is 14.0 Å². The van der Waals surface area contributed by atoms with Gasteiger partial charge in [-0.2, -0.15) is 0 Å². The van der Waals surface area contributed by atoms with Crippen molar-refractivity contribution < 1.29 is 9.47 Å². The molecule has 0 saturated carbocycles. The molecule has 2 saturated heterocycles. The Bertz CT molecular complexity index is 676. The van der Waals surface area contributed by atoms with Gasteiger partial charge in [0.05, 0.1) is 10.6 Å². The molecule has 2 aromatic heterocycles. The number of pyridine rings is 1. The van der Waals surface area contributed by atoms with Crippen LogP contribution in [0.5, 0.6) is 0 Å². The van der Waals surface area contributed by atoms with Crippen LogP contribution in [0, 0.1) is 0 Å². The molecule has 2 fully saturated rings. The van der Waals surface area contributed by atoms with Gasteiger partial charge in [-0.15, -0.1) is 0 Å². The monoisotopic (exact) mass is 333 g/mol. The summed E-state index contributed by atoms with van der Waals surface area (Å²) < 4.78 is 13.9. The molecule has 5 nitrogen and oxygen atoms in total. The minimum absolute atomic E-state index is 0.0370. The third kappa shape index (κ3) is 2.89. The fourth-order valence-corrected chi connectivity index (χ4v) is 3.91. The Morgan fingerprint density at radius 3 is 2.91 bits per heavy atom. The van der Waals surface area contributed by atoms with Gasteiger partial charge in [0.15, 0.2) is 0 Å². The summed E-state index contributed by atoms with van der Waals surface area (Å²) >= 11 is 6.31. The molecule has 0 bridgehead atoms. The van der Waals surface area contributed by atoms with Crippen LogP contribution in [0.25, 0.3) is 11.4 Å². The molecule has 2 aromatic rings. The van der Waals surface area contributed by atoms with E-state index in [1.54, 1.807) is 12.4 Å². The highest BCUT2D eigenvalue weighted by Crippen LogP contribution is 2.40. The first-order valence-electron chi connectivity index (χ1n) is 8.12. The molecule has 0 radical (unpaired) electrons. The lowest BCUT2D eigenvalue weighted by Gasteiger charge is -2.43. The number of nitrogens with zero attached hydrogens (tertiary/aromatic N) is 3. The van der Waals surface area contributed by atoms with Crippen molar-refractivity contribution in [3.8, 4) is 11.4 Å². The zero-order valence-electron chi connectivity index (χ0n) is 12.9. The Kier molecular flexibility index (Phi) is 4.09. The topological polar surface area (TPSA) is 49.2 Å². The van der Waals surface area contributed by atoms with Crippen molar-refractivity contribution in [2.45, 2.75) is 37.3 Å². The first-order chi connectivity index (χ1) is 11.3. The second-order valence-corrected chi connectivity index (χ2v) is 6.71. The Labute approximate surface area is 140 Å². The lowest BCUT2D eigenvalue weighted by atomic mass is 9.84. The van der Waals surface area contributed by atoms with Crippen LogP contribution in [0.1, 0.15) is 31.7 Å². The second kappa shape index (κ2) is 6.23. The predicted molar refractivity (Wildman–Crippen MR) is 87.5 cm³/mol. The Hall–Kier alpha value is -1.43. The fraction of sp³-hybridized carbons (Fsp3) is 0.529. The van der Waals surface area contributed by atoms with Crippen LogP contribution >= 0.6 is 11.6 Å². The van der Waals surface area contributed by atoms with E-state index in [1.807, 2.05) is 12.3 Å².